The summed E-state index contributed by atoms with van der Waals surface area (Å²) >= 11 is 12.0. The van der Waals surface area contributed by atoms with Crippen molar-refractivity contribution >= 4 is 23.2 Å². The van der Waals surface area contributed by atoms with Crippen molar-refractivity contribution in [3.05, 3.63) is 63.6 Å². The molecule has 0 aliphatic carbocycles. The molecule has 7 heteroatoms. The Morgan fingerprint density at radius 1 is 1.14 bits per heavy atom. The summed E-state index contributed by atoms with van der Waals surface area (Å²) in [5, 5.41) is 22.4. The minimum atomic E-state index is 0.363. The predicted molar refractivity (Wildman–Crippen MR) is 83.5 cm³/mol. The first-order valence-corrected chi connectivity index (χ1v) is 7.14. The van der Waals surface area contributed by atoms with Gasteiger partial charge in [0.1, 0.15) is 0 Å². The Kier molecular flexibility index (Phi) is 4.05. The third-order valence-electron chi connectivity index (χ3n) is 3.07. The second-order valence-corrected chi connectivity index (χ2v) is 5.38. The Morgan fingerprint density at radius 3 is 2.73 bits per heavy atom. The van der Waals surface area contributed by atoms with E-state index in [1.807, 2.05) is 18.2 Å². The number of benzene rings is 2. The summed E-state index contributed by atoms with van der Waals surface area (Å²) in [6.07, 6.45) is 0. The number of tetrazole rings is 1. The van der Waals surface area contributed by atoms with Gasteiger partial charge in [-0.2, -0.15) is 10.1 Å². The van der Waals surface area contributed by atoms with Gasteiger partial charge >= 0.3 is 0 Å². The maximum Gasteiger partial charge on any atom is 0.206 e. The van der Waals surface area contributed by atoms with Crippen molar-refractivity contribution in [2.24, 2.45) is 0 Å². The molecule has 1 heterocycles. The first-order chi connectivity index (χ1) is 10.7. The molecule has 0 bridgehead atoms. The van der Waals surface area contributed by atoms with Crippen LogP contribution in [-0.4, -0.2) is 20.2 Å². The van der Waals surface area contributed by atoms with Gasteiger partial charge in [0.2, 0.25) is 5.82 Å². The second kappa shape index (κ2) is 6.14. The van der Waals surface area contributed by atoms with E-state index in [4.69, 9.17) is 28.5 Å². The summed E-state index contributed by atoms with van der Waals surface area (Å²) < 4.78 is 0. The minimum absolute atomic E-state index is 0.363. The molecular weight excluding hydrogens is 321 g/mol. The summed E-state index contributed by atoms with van der Waals surface area (Å²) in [5.74, 6) is 0.413. The lowest BCUT2D eigenvalue weighted by Gasteiger charge is -2.02. The molecule has 0 radical (unpaired) electrons. The number of hydrogen-bond donors (Lipinski definition) is 0. The normalized spacial score (nSPS) is 10.4. The van der Waals surface area contributed by atoms with Crippen molar-refractivity contribution in [1.82, 2.24) is 20.2 Å². The average Bonchev–Trinajstić information content (AvgIpc) is 2.96. The van der Waals surface area contributed by atoms with E-state index in [1.165, 1.54) is 4.80 Å². The highest BCUT2D eigenvalue weighted by molar-refractivity contribution is 6.36. The molecule has 5 nitrogen and oxygen atoms in total. The first-order valence-electron chi connectivity index (χ1n) is 6.38. The van der Waals surface area contributed by atoms with Crippen molar-refractivity contribution in [3.8, 4) is 17.5 Å². The van der Waals surface area contributed by atoms with Gasteiger partial charge in [0.05, 0.1) is 23.2 Å². The van der Waals surface area contributed by atoms with Crippen LogP contribution in [0.15, 0.2) is 42.5 Å². The largest absolute Gasteiger partial charge is 0.206 e. The monoisotopic (exact) mass is 329 g/mol. The molecule has 0 atom stereocenters. The summed E-state index contributed by atoms with van der Waals surface area (Å²) in [6, 6.07) is 14.5. The summed E-state index contributed by atoms with van der Waals surface area (Å²) in [7, 11) is 0. The van der Waals surface area contributed by atoms with E-state index in [0.717, 1.165) is 5.56 Å². The van der Waals surface area contributed by atoms with Gasteiger partial charge in [-0.15, -0.1) is 10.2 Å². The smallest absolute Gasteiger partial charge is 0.192 e. The molecule has 0 saturated heterocycles. The summed E-state index contributed by atoms with van der Waals surface area (Å²) in [4.78, 5) is 1.43. The van der Waals surface area contributed by atoms with Crippen LogP contribution in [-0.2, 0) is 6.54 Å². The Morgan fingerprint density at radius 2 is 1.95 bits per heavy atom. The molecule has 0 aliphatic heterocycles. The lowest BCUT2D eigenvalue weighted by Crippen LogP contribution is -2.05. The van der Waals surface area contributed by atoms with Crippen LogP contribution in [0, 0.1) is 11.3 Å². The molecule has 0 amide bonds. The zero-order valence-corrected chi connectivity index (χ0v) is 12.8. The van der Waals surface area contributed by atoms with Crippen LogP contribution in [0.25, 0.3) is 11.4 Å². The standard InChI is InChI=1S/C15H9Cl2N5/c16-12-5-6-13(14(17)7-12)15-19-21-22(20-15)9-11-4-2-1-3-10(11)8-18/h1-7H,9H2. The Labute approximate surface area is 136 Å². The molecule has 2 aromatic carbocycles. The van der Waals surface area contributed by atoms with E-state index in [-0.39, 0.29) is 0 Å². The molecule has 108 valence electrons. The van der Waals surface area contributed by atoms with Gasteiger partial charge < -0.3 is 0 Å². The van der Waals surface area contributed by atoms with E-state index in [0.29, 0.717) is 33.5 Å². The Bertz CT molecular complexity index is 866. The van der Waals surface area contributed by atoms with Crippen LogP contribution in [0.1, 0.15) is 11.1 Å². The zero-order valence-electron chi connectivity index (χ0n) is 11.2. The van der Waals surface area contributed by atoms with Crippen LogP contribution >= 0.6 is 23.2 Å². The molecule has 3 rings (SSSR count). The Hall–Kier alpha value is -2.42. The number of nitriles is 1. The van der Waals surface area contributed by atoms with Crippen LogP contribution in [0.5, 0.6) is 0 Å². The third-order valence-corrected chi connectivity index (χ3v) is 3.62. The van der Waals surface area contributed by atoms with Gasteiger partial charge in [-0.25, -0.2) is 0 Å². The maximum atomic E-state index is 9.10. The third kappa shape index (κ3) is 2.93. The van der Waals surface area contributed by atoms with Crippen LogP contribution in [0.4, 0.5) is 0 Å². The zero-order chi connectivity index (χ0) is 15.5. The topological polar surface area (TPSA) is 67.4 Å². The average molecular weight is 330 g/mol. The second-order valence-electron chi connectivity index (χ2n) is 4.54. The van der Waals surface area contributed by atoms with Gasteiger partial charge in [0.25, 0.3) is 0 Å². The SMILES string of the molecule is N#Cc1ccccc1Cn1nnc(-c2ccc(Cl)cc2Cl)n1. The maximum absolute atomic E-state index is 9.10. The van der Waals surface area contributed by atoms with Crippen LogP contribution in [0.2, 0.25) is 10.0 Å². The lowest BCUT2D eigenvalue weighted by atomic mass is 10.1. The fourth-order valence-corrected chi connectivity index (χ4v) is 2.50. The first kappa shape index (κ1) is 14.5. The van der Waals surface area contributed by atoms with Crippen LogP contribution < -0.4 is 0 Å². The highest BCUT2D eigenvalue weighted by Gasteiger charge is 2.11. The molecule has 0 fully saturated rings. The predicted octanol–water partition coefficient (Wildman–Crippen LogP) is 3.57. The molecule has 0 N–H and O–H groups in total. The van der Waals surface area contributed by atoms with Gasteiger partial charge in [-0.3, -0.25) is 0 Å². The molecule has 0 aliphatic rings. The number of halogens is 2. The lowest BCUT2D eigenvalue weighted by molar-refractivity contribution is 0.572. The van der Waals surface area contributed by atoms with Crippen molar-refractivity contribution in [3.63, 3.8) is 0 Å². The van der Waals surface area contributed by atoms with E-state index in [2.05, 4.69) is 21.5 Å². The Balaban J connectivity index is 1.90. The van der Waals surface area contributed by atoms with E-state index in [9.17, 15) is 0 Å². The van der Waals surface area contributed by atoms with E-state index >= 15 is 0 Å². The fraction of sp³-hybridized carbons (Fsp3) is 0.0667. The molecule has 0 spiro atoms. The fourth-order valence-electron chi connectivity index (χ4n) is 2.01. The molecule has 1 aromatic heterocycles. The van der Waals surface area contributed by atoms with Crippen molar-refractivity contribution in [2.75, 3.05) is 0 Å². The van der Waals surface area contributed by atoms with Gasteiger partial charge in [0, 0.05) is 10.6 Å². The highest BCUT2D eigenvalue weighted by Crippen LogP contribution is 2.27. The van der Waals surface area contributed by atoms with Crippen molar-refractivity contribution < 1.29 is 0 Å². The van der Waals surface area contributed by atoms with Gasteiger partial charge in [0.15, 0.2) is 0 Å². The highest BCUT2D eigenvalue weighted by atomic mass is 35.5. The summed E-state index contributed by atoms with van der Waals surface area (Å²) in [6.45, 7) is 0.363. The van der Waals surface area contributed by atoms with Crippen LogP contribution in [0.3, 0.4) is 0 Å². The number of hydrogen-bond acceptors (Lipinski definition) is 4. The van der Waals surface area contributed by atoms with Crippen molar-refractivity contribution in [1.29, 1.82) is 5.26 Å². The number of rotatable bonds is 3. The van der Waals surface area contributed by atoms with Gasteiger partial charge in [-0.1, -0.05) is 41.4 Å². The summed E-state index contributed by atoms with van der Waals surface area (Å²) in [5.41, 5.74) is 2.08. The van der Waals surface area contributed by atoms with Crippen molar-refractivity contribution in [2.45, 2.75) is 6.54 Å². The van der Waals surface area contributed by atoms with E-state index < -0.39 is 0 Å². The number of nitrogens with zero attached hydrogens (tertiary/aromatic N) is 5. The molecule has 3 aromatic rings. The minimum Gasteiger partial charge on any atom is -0.192 e. The quantitative estimate of drug-likeness (QED) is 0.736. The number of aromatic nitrogens is 4. The molecule has 0 unspecified atom stereocenters. The molecule has 0 saturated carbocycles. The molecular formula is C15H9Cl2N5. The van der Waals surface area contributed by atoms with Gasteiger partial charge in [-0.05, 0) is 35.0 Å². The van der Waals surface area contributed by atoms with E-state index in [1.54, 1.807) is 24.3 Å². The molecule has 22 heavy (non-hydrogen) atoms.